The van der Waals surface area contributed by atoms with Crippen LogP contribution < -0.4 is 9.80 Å². The summed E-state index contributed by atoms with van der Waals surface area (Å²) >= 11 is 5.98. The molecule has 1 aliphatic rings. The lowest BCUT2D eigenvalue weighted by Gasteiger charge is -2.37. The third kappa shape index (κ3) is 2.63. The summed E-state index contributed by atoms with van der Waals surface area (Å²) in [6.45, 7) is 6.17. The van der Waals surface area contributed by atoms with Crippen LogP contribution in [-0.4, -0.2) is 36.1 Å². The van der Waals surface area contributed by atoms with E-state index in [1.165, 1.54) is 22.3 Å². The number of H-pyrrole nitrogens is 1. The zero-order chi connectivity index (χ0) is 15.8. The van der Waals surface area contributed by atoms with Gasteiger partial charge >= 0.3 is 0 Å². The molecule has 2 aromatic heterocycles. The molecule has 0 bridgehead atoms. The minimum absolute atomic E-state index is 0.786. The number of aromatic amines is 1. The number of fused-ring (bicyclic) bond motifs is 1. The number of anilines is 2. The first-order valence-corrected chi connectivity index (χ1v) is 8.28. The zero-order valence-electron chi connectivity index (χ0n) is 13.1. The molecule has 118 valence electrons. The maximum atomic E-state index is 5.98. The molecular weight excluding hydrogens is 308 g/mol. The predicted molar refractivity (Wildman–Crippen MR) is 96.7 cm³/mol. The number of nitrogens with one attached hydrogen (secondary N) is 1. The van der Waals surface area contributed by atoms with Gasteiger partial charge in [0.15, 0.2) is 0 Å². The second-order valence-corrected chi connectivity index (χ2v) is 6.41. The molecule has 0 saturated carbocycles. The van der Waals surface area contributed by atoms with Gasteiger partial charge in [-0.2, -0.15) is 0 Å². The Bertz CT molecular complexity index is 817. The zero-order valence-corrected chi connectivity index (χ0v) is 13.8. The summed E-state index contributed by atoms with van der Waals surface area (Å²) in [5, 5.41) is 2.03. The maximum absolute atomic E-state index is 5.98. The van der Waals surface area contributed by atoms with E-state index in [4.69, 9.17) is 11.6 Å². The van der Waals surface area contributed by atoms with Gasteiger partial charge in [0.05, 0.1) is 5.69 Å². The van der Waals surface area contributed by atoms with E-state index in [0.29, 0.717) is 0 Å². The number of benzene rings is 1. The molecule has 23 heavy (non-hydrogen) atoms. The highest BCUT2D eigenvalue weighted by Crippen LogP contribution is 2.29. The van der Waals surface area contributed by atoms with Crippen LogP contribution in [0.25, 0.3) is 11.0 Å². The summed E-state index contributed by atoms with van der Waals surface area (Å²) in [7, 11) is 0. The third-order valence-electron chi connectivity index (χ3n) is 4.57. The monoisotopic (exact) mass is 326 g/mol. The Hall–Kier alpha value is -2.20. The quantitative estimate of drug-likeness (QED) is 0.777. The second-order valence-electron chi connectivity index (χ2n) is 5.98. The van der Waals surface area contributed by atoms with Crippen molar-refractivity contribution in [2.45, 2.75) is 6.92 Å². The van der Waals surface area contributed by atoms with E-state index >= 15 is 0 Å². The summed E-state index contributed by atoms with van der Waals surface area (Å²) in [5.74, 6) is 0. The van der Waals surface area contributed by atoms with Crippen molar-refractivity contribution in [1.82, 2.24) is 9.97 Å². The Balaban J connectivity index is 1.54. The maximum Gasteiger partial charge on any atom is 0.139 e. The largest absolute Gasteiger partial charge is 0.368 e. The minimum atomic E-state index is 0.786. The number of hydrogen-bond acceptors (Lipinski definition) is 3. The van der Waals surface area contributed by atoms with Crippen molar-refractivity contribution in [1.29, 1.82) is 0 Å². The van der Waals surface area contributed by atoms with Gasteiger partial charge in [-0.3, -0.25) is 0 Å². The number of aryl methyl sites for hydroxylation is 1. The van der Waals surface area contributed by atoms with E-state index in [0.717, 1.165) is 36.8 Å². The topological polar surface area (TPSA) is 35.2 Å². The van der Waals surface area contributed by atoms with Gasteiger partial charge in [0.1, 0.15) is 5.65 Å². The molecular formula is C18H19ClN4. The number of aromatic nitrogens is 2. The predicted octanol–water partition coefficient (Wildman–Crippen LogP) is 3.85. The summed E-state index contributed by atoms with van der Waals surface area (Å²) in [6.07, 6.45) is 3.94. The number of pyridine rings is 1. The van der Waals surface area contributed by atoms with Gasteiger partial charge in [0.25, 0.3) is 0 Å². The molecule has 0 aliphatic carbocycles. The Morgan fingerprint density at radius 1 is 1.00 bits per heavy atom. The molecule has 0 unspecified atom stereocenters. The molecule has 0 spiro atoms. The number of halogens is 1. The molecule has 3 heterocycles. The molecule has 1 aromatic carbocycles. The van der Waals surface area contributed by atoms with Gasteiger partial charge in [0.2, 0.25) is 0 Å². The van der Waals surface area contributed by atoms with E-state index in [1.807, 2.05) is 18.3 Å². The van der Waals surface area contributed by atoms with Gasteiger partial charge in [-0.05, 0) is 42.8 Å². The fraction of sp³-hybridized carbons (Fsp3) is 0.278. The summed E-state index contributed by atoms with van der Waals surface area (Å²) in [4.78, 5) is 12.6. The van der Waals surface area contributed by atoms with E-state index in [1.54, 1.807) is 0 Å². The highest BCUT2D eigenvalue weighted by atomic mass is 35.5. The highest BCUT2D eigenvalue weighted by Gasteiger charge is 2.20. The lowest BCUT2D eigenvalue weighted by molar-refractivity contribution is 0.655. The molecule has 0 radical (unpaired) electrons. The van der Waals surface area contributed by atoms with Crippen LogP contribution >= 0.6 is 11.6 Å². The second kappa shape index (κ2) is 5.78. The smallest absolute Gasteiger partial charge is 0.139 e. The van der Waals surface area contributed by atoms with Crippen molar-refractivity contribution in [3.63, 3.8) is 0 Å². The van der Waals surface area contributed by atoms with Crippen molar-refractivity contribution in [2.75, 3.05) is 36.0 Å². The first-order valence-electron chi connectivity index (χ1n) is 7.90. The average Bonchev–Trinajstić information content (AvgIpc) is 3.01. The van der Waals surface area contributed by atoms with Crippen LogP contribution in [0.5, 0.6) is 0 Å². The van der Waals surface area contributed by atoms with Crippen LogP contribution in [0.4, 0.5) is 11.4 Å². The highest BCUT2D eigenvalue weighted by molar-refractivity contribution is 6.30. The van der Waals surface area contributed by atoms with Crippen molar-refractivity contribution < 1.29 is 0 Å². The number of nitrogens with zero attached hydrogens (tertiary/aromatic N) is 3. The fourth-order valence-corrected chi connectivity index (χ4v) is 3.43. The van der Waals surface area contributed by atoms with Crippen LogP contribution in [-0.2, 0) is 0 Å². The van der Waals surface area contributed by atoms with Gasteiger partial charge < -0.3 is 14.8 Å². The molecule has 1 saturated heterocycles. The van der Waals surface area contributed by atoms with Crippen LogP contribution in [0.15, 0.2) is 42.7 Å². The van der Waals surface area contributed by atoms with Gasteiger partial charge in [-0.25, -0.2) is 4.98 Å². The summed E-state index contributed by atoms with van der Waals surface area (Å²) in [5.41, 5.74) is 4.75. The van der Waals surface area contributed by atoms with Crippen LogP contribution in [0.1, 0.15) is 5.56 Å². The van der Waals surface area contributed by atoms with Crippen molar-refractivity contribution in [3.05, 3.63) is 53.3 Å². The Morgan fingerprint density at radius 3 is 2.43 bits per heavy atom. The standard InChI is InChI=1S/C18H19ClN4/c1-13-6-7-20-18-17(13)16(12-21-18)23-10-8-22(9-11-23)15-4-2-14(19)3-5-15/h2-7,12H,8-11H2,1H3,(H,20,21). The number of hydrogen-bond donors (Lipinski definition) is 1. The Kier molecular flexibility index (Phi) is 3.62. The number of piperazine rings is 1. The third-order valence-corrected chi connectivity index (χ3v) is 4.83. The SMILES string of the molecule is Cc1ccnc2[nH]cc(N3CCN(c4ccc(Cl)cc4)CC3)c12. The van der Waals surface area contributed by atoms with Crippen LogP contribution in [0.2, 0.25) is 5.02 Å². The number of rotatable bonds is 2. The van der Waals surface area contributed by atoms with Gasteiger partial charge in [-0.1, -0.05) is 11.6 Å². The van der Waals surface area contributed by atoms with Crippen LogP contribution in [0.3, 0.4) is 0 Å². The molecule has 0 atom stereocenters. The van der Waals surface area contributed by atoms with Crippen molar-refractivity contribution in [2.24, 2.45) is 0 Å². The lowest BCUT2D eigenvalue weighted by atomic mass is 10.1. The molecule has 4 rings (SSSR count). The van der Waals surface area contributed by atoms with Crippen molar-refractivity contribution >= 4 is 34.0 Å². The summed E-state index contributed by atoms with van der Waals surface area (Å²) < 4.78 is 0. The molecule has 1 aliphatic heterocycles. The molecule has 1 fully saturated rings. The van der Waals surface area contributed by atoms with E-state index in [2.05, 4.69) is 51.1 Å². The average molecular weight is 327 g/mol. The fourth-order valence-electron chi connectivity index (χ4n) is 3.31. The normalized spacial score (nSPS) is 15.4. The van der Waals surface area contributed by atoms with E-state index in [9.17, 15) is 0 Å². The Labute approximate surface area is 140 Å². The van der Waals surface area contributed by atoms with E-state index < -0.39 is 0 Å². The lowest BCUT2D eigenvalue weighted by Crippen LogP contribution is -2.46. The first-order chi connectivity index (χ1) is 11.2. The molecule has 5 heteroatoms. The van der Waals surface area contributed by atoms with E-state index in [-0.39, 0.29) is 0 Å². The molecule has 3 aromatic rings. The minimum Gasteiger partial charge on any atom is -0.368 e. The molecule has 0 amide bonds. The van der Waals surface area contributed by atoms with Gasteiger partial charge in [-0.15, -0.1) is 0 Å². The Morgan fingerprint density at radius 2 is 1.70 bits per heavy atom. The van der Waals surface area contributed by atoms with Gasteiger partial charge in [0, 0.05) is 54.7 Å². The first kappa shape index (κ1) is 14.4. The molecule has 4 nitrogen and oxygen atoms in total. The van der Waals surface area contributed by atoms with Crippen LogP contribution in [0, 0.1) is 6.92 Å². The molecule has 1 N–H and O–H groups in total. The van der Waals surface area contributed by atoms with Crippen molar-refractivity contribution in [3.8, 4) is 0 Å². The summed E-state index contributed by atoms with van der Waals surface area (Å²) in [6, 6.07) is 10.2.